The van der Waals surface area contributed by atoms with E-state index in [1.807, 2.05) is 11.8 Å². The van der Waals surface area contributed by atoms with Gasteiger partial charge in [0.05, 0.1) is 5.56 Å². The molecule has 20 heavy (non-hydrogen) atoms. The lowest BCUT2D eigenvalue weighted by atomic mass is 10.1. The van der Waals surface area contributed by atoms with E-state index in [0.29, 0.717) is 38.3 Å². The molecule has 1 aromatic rings. The number of amides is 1. The Labute approximate surface area is 116 Å². The van der Waals surface area contributed by atoms with Gasteiger partial charge in [0.2, 0.25) is 5.91 Å². The summed E-state index contributed by atoms with van der Waals surface area (Å²) in [5.41, 5.74) is -0.0783. The number of benzene rings is 1. The van der Waals surface area contributed by atoms with Crippen LogP contribution in [0.25, 0.3) is 0 Å². The van der Waals surface area contributed by atoms with E-state index in [9.17, 15) is 18.0 Å². The van der Waals surface area contributed by atoms with Gasteiger partial charge in [0.15, 0.2) is 0 Å². The Balaban J connectivity index is 2.06. The van der Waals surface area contributed by atoms with Crippen LogP contribution in [0.3, 0.4) is 0 Å². The van der Waals surface area contributed by atoms with E-state index in [2.05, 4.69) is 0 Å². The van der Waals surface area contributed by atoms with Gasteiger partial charge in [0.1, 0.15) is 0 Å². The van der Waals surface area contributed by atoms with Crippen LogP contribution in [-0.4, -0.2) is 37.0 Å². The Hall–Kier alpha value is -1.72. The summed E-state index contributed by atoms with van der Waals surface area (Å²) in [6, 6.07) is 5.33. The molecule has 0 radical (unpaired) electrons. The number of halogens is 3. The van der Waals surface area contributed by atoms with Crippen molar-refractivity contribution in [1.82, 2.24) is 4.90 Å². The first kappa shape index (κ1) is 14.7. The van der Waals surface area contributed by atoms with Crippen molar-refractivity contribution in [3.05, 3.63) is 29.8 Å². The minimum Gasteiger partial charge on any atom is -0.368 e. The predicted octanol–water partition coefficient (Wildman–Crippen LogP) is 2.76. The van der Waals surface area contributed by atoms with Crippen LogP contribution in [0.15, 0.2) is 24.3 Å². The van der Waals surface area contributed by atoms with Gasteiger partial charge in [-0.05, 0) is 18.2 Å². The summed E-state index contributed by atoms with van der Waals surface area (Å²) in [4.78, 5) is 15.2. The van der Waals surface area contributed by atoms with Crippen LogP contribution in [0, 0.1) is 0 Å². The lowest BCUT2D eigenvalue weighted by Gasteiger charge is -2.36. The van der Waals surface area contributed by atoms with Crippen LogP contribution in [0.1, 0.15) is 18.9 Å². The Morgan fingerprint density at radius 3 is 2.40 bits per heavy atom. The maximum atomic E-state index is 12.7. The van der Waals surface area contributed by atoms with Crippen LogP contribution in [-0.2, 0) is 11.0 Å². The number of anilines is 1. The third-order valence-corrected chi connectivity index (χ3v) is 3.47. The first-order valence-electron chi connectivity index (χ1n) is 6.62. The largest absolute Gasteiger partial charge is 0.416 e. The molecule has 2 rings (SSSR count). The highest BCUT2D eigenvalue weighted by Gasteiger charge is 2.31. The minimum absolute atomic E-state index is 0.0914. The lowest BCUT2D eigenvalue weighted by Crippen LogP contribution is -2.48. The molecule has 0 bridgehead atoms. The van der Waals surface area contributed by atoms with E-state index >= 15 is 0 Å². The number of alkyl halides is 3. The Morgan fingerprint density at radius 1 is 1.20 bits per heavy atom. The predicted molar refractivity (Wildman–Crippen MR) is 70.5 cm³/mol. The SMILES string of the molecule is CCC(=O)N1CCN(c2cccc(C(F)(F)F)c2)CC1. The van der Waals surface area contributed by atoms with Gasteiger partial charge in [-0.1, -0.05) is 13.0 Å². The molecule has 6 heteroatoms. The van der Waals surface area contributed by atoms with Crippen LogP contribution in [0.5, 0.6) is 0 Å². The number of hydrogen-bond donors (Lipinski definition) is 0. The molecule has 110 valence electrons. The first-order chi connectivity index (χ1) is 9.41. The molecule has 1 aliphatic rings. The highest BCUT2D eigenvalue weighted by Crippen LogP contribution is 2.31. The average Bonchev–Trinajstić information content (AvgIpc) is 2.46. The molecule has 1 aliphatic heterocycles. The second-order valence-electron chi connectivity index (χ2n) is 4.77. The number of carbonyl (C=O) groups is 1. The van der Waals surface area contributed by atoms with Crippen molar-refractivity contribution in [2.75, 3.05) is 31.1 Å². The molecule has 0 aromatic heterocycles. The number of hydrogen-bond acceptors (Lipinski definition) is 2. The minimum atomic E-state index is -4.32. The van der Waals surface area contributed by atoms with Gasteiger partial charge in [0.25, 0.3) is 0 Å². The van der Waals surface area contributed by atoms with Gasteiger partial charge in [-0.3, -0.25) is 4.79 Å². The molecule has 0 N–H and O–H groups in total. The lowest BCUT2D eigenvalue weighted by molar-refractivity contribution is -0.137. The van der Waals surface area contributed by atoms with Crippen LogP contribution >= 0.6 is 0 Å². The Bertz CT molecular complexity index is 480. The number of piperazine rings is 1. The quantitative estimate of drug-likeness (QED) is 0.834. The smallest absolute Gasteiger partial charge is 0.368 e. The van der Waals surface area contributed by atoms with E-state index in [0.717, 1.165) is 12.1 Å². The zero-order chi connectivity index (χ0) is 14.8. The van der Waals surface area contributed by atoms with E-state index < -0.39 is 11.7 Å². The summed E-state index contributed by atoms with van der Waals surface area (Å²) in [5, 5.41) is 0. The second kappa shape index (κ2) is 5.73. The van der Waals surface area contributed by atoms with Crippen molar-refractivity contribution in [2.45, 2.75) is 19.5 Å². The molecule has 3 nitrogen and oxygen atoms in total. The van der Waals surface area contributed by atoms with Crippen LogP contribution in [0.4, 0.5) is 18.9 Å². The zero-order valence-electron chi connectivity index (χ0n) is 11.3. The summed E-state index contributed by atoms with van der Waals surface area (Å²) < 4.78 is 38.0. The molecule has 0 spiro atoms. The molecular formula is C14H17F3N2O. The Kier molecular flexibility index (Phi) is 4.20. The van der Waals surface area contributed by atoms with Gasteiger partial charge < -0.3 is 9.80 Å². The molecule has 0 atom stereocenters. The molecular weight excluding hydrogens is 269 g/mol. The van der Waals surface area contributed by atoms with E-state index in [1.54, 1.807) is 11.0 Å². The van der Waals surface area contributed by atoms with Gasteiger partial charge >= 0.3 is 6.18 Å². The molecule has 1 fully saturated rings. The normalized spacial score (nSPS) is 16.4. The summed E-state index contributed by atoms with van der Waals surface area (Å²) in [6.45, 7) is 4.05. The fourth-order valence-electron chi connectivity index (χ4n) is 2.32. The third kappa shape index (κ3) is 3.23. The topological polar surface area (TPSA) is 23.6 Å². The third-order valence-electron chi connectivity index (χ3n) is 3.47. The van der Waals surface area contributed by atoms with Crippen molar-refractivity contribution >= 4 is 11.6 Å². The fraction of sp³-hybridized carbons (Fsp3) is 0.500. The van der Waals surface area contributed by atoms with Gasteiger partial charge in [-0.25, -0.2) is 0 Å². The molecule has 0 aliphatic carbocycles. The van der Waals surface area contributed by atoms with Gasteiger partial charge in [-0.15, -0.1) is 0 Å². The van der Waals surface area contributed by atoms with Crippen LogP contribution in [0.2, 0.25) is 0 Å². The summed E-state index contributed by atoms with van der Waals surface area (Å²) >= 11 is 0. The van der Waals surface area contributed by atoms with Gasteiger partial charge in [-0.2, -0.15) is 13.2 Å². The van der Waals surface area contributed by atoms with E-state index in [1.165, 1.54) is 6.07 Å². The maximum absolute atomic E-state index is 12.7. The van der Waals surface area contributed by atoms with Crippen molar-refractivity contribution in [3.8, 4) is 0 Å². The number of rotatable bonds is 2. The molecule has 1 amide bonds. The molecule has 1 aromatic carbocycles. The molecule has 0 unspecified atom stereocenters. The van der Waals surface area contributed by atoms with E-state index in [-0.39, 0.29) is 5.91 Å². The summed E-state index contributed by atoms with van der Waals surface area (Å²) in [5.74, 6) is 0.0914. The molecule has 1 saturated heterocycles. The van der Waals surface area contributed by atoms with Crippen molar-refractivity contribution < 1.29 is 18.0 Å². The average molecular weight is 286 g/mol. The maximum Gasteiger partial charge on any atom is 0.416 e. The highest BCUT2D eigenvalue weighted by atomic mass is 19.4. The fourth-order valence-corrected chi connectivity index (χ4v) is 2.32. The van der Waals surface area contributed by atoms with Crippen molar-refractivity contribution in [1.29, 1.82) is 0 Å². The first-order valence-corrected chi connectivity index (χ1v) is 6.62. The van der Waals surface area contributed by atoms with Crippen molar-refractivity contribution in [3.63, 3.8) is 0 Å². The monoisotopic (exact) mass is 286 g/mol. The van der Waals surface area contributed by atoms with Crippen molar-refractivity contribution in [2.24, 2.45) is 0 Å². The standard InChI is InChI=1S/C14H17F3N2O/c1-2-13(20)19-8-6-18(7-9-19)12-5-3-4-11(10-12)14(15,16)17/h3-5,10H,2,6-9H2,1H3. The van der Waals surface area contributed by atoms with E-state index in [4.69, 9.17) is 0 Å². The number of carbonyl (C=O) groups excluding carboxylic acids is 1. The second-order valence-corrected chi connectivity index (χ2v) is 4.77. The highest BCUT2D eigenvalue weighted by molar-refractivity contribution is 5.76. The summed E-state index contributed by atoms with van der Waals surface area (Å²) in [6.07, 6.45) is -3.86. The Morgan fingerprint density at radius 2 is 1.85 bits per heavy atom. The number of nitrogens with zero attached hydrogens (tertiary/aromatic N) is 2. The van der Waals surface area contributed by atoms with Crippen LogP contribution < -0.4 is 4.90 Å². The molecule has 0 saturated carbocycles. The zero-order valence-corrected chi connectivity index (χ0v) is 11.3. The van der Waals surface area contributed by atoms with Gasteiger partial charge in [0, 0.05) is 38.3 Å². The molecule has 1 heterocycles. The summed E-state index contributed by atoms with van der Waals surface area (Å²) in [7, 11) is 0.